The van der Waals surface area contributed by atoms with Gasteiger partial charge in [0.1, 0.15) is 11.8 Å². The van der Waals surface area contributed by atoms with Crippen molar-refractivity contribution < 1.29 is 14.2 Å². The van der Waals surface area contributed by atoms with Crippen LogP contribution in [0.3, 0.4) is 0 Å². The lowest BCUT2D eigenvalue weighted by Crippen LogP contribution is -2.47. The fourth-order valence-corrected chi connectivity index (χ4v) is 3.55. The molecule has 2 aliphatic heterocycles. The molecule has 1 saturated heterocycles. The summed E-state index contributed by atoms with van der Waals surface area (Å²) in [5.74, 6) is 0.812. The first-order valence-corrected chi connectivity index (χ1v) is 8.74. The normalized spacial score (nSPS) is 21.4. The number of carbonyl (C=O) groups is 1. The first kappa shape index (κ1) is 16.3. The van der Waals surface area contributed by atoms with Crippen LogP contribution in [0.4, 0.5) is 0 Å². The molecule has 1 amide bonds. The maximum Gasteiger partial charge on any atom is 0.272 e. The standard InChI is InChI=1S/C17H23N5O3/c1-12-15(13(2)25-19-12)10-20-9-14-5-6-18-22(14)16(11-20)17(23)21-7-3-4-8-24-21/h5-6,16H,3-4,7-11H2,1-2H3. The quantitative estimate of drug-likeness (QED) is 0.841. The average Bonchev–Trinajstić information content (AvgIpc) is 3.23. The second kappa shape index (κ2) is 6.61. The molecular formula is C17H23N5O3. The molecule has 0 spiro atoms. The monoisotopic (exact) mass is 345 g/mol. The molecule has 0 N–H and O–H groups in total. The van der Waals surface area contributed by atoms with Gasteiger partial charge in [-0.15, -0.1) is 0 Å². The number of hydroxylamine groups is 2. The van der Waals surface area contributed by atoms with Crippen LogP contribution in [-0.2, 0) is 22.7 Å². The van der Waals surface area contributed by atoms with Crippen molar-refractivity contribution in [2.75, 3.05) is 19.7 Å². The second-order valence-electron chi connectivity index (χ2n) is 6.74. The molecule has 0 aliphatic carbocycles. The Morgan fingerprint density at radius 3 is 2.96 bits per heavy atom. The van der Waals surface area contributed by atoms with Gasteiger partial charge in [-0.05, 0) is 32.8 Å². The largest absolute Gasteiger partial charge is 0.361 e. The summed E-state index contributed by atoms with van der Waals surface area (Å²) in [4.78, 5) is 20.8. The highest BCUT2D eigenvalue weighted by molar-refractivity contribution is 5.80. The lowest BCUT2D eigenvalue weighted by atomic mass is 10.1. The summed E-state index contributed by atoms with van der Waals surface area (Å²) in [5.41, 5.74) is 3.03. The van der Waals surface area contributed by atoms with E-state index in [-0.39, 0.29) is 11.9 Å². The van der Waals surface area contributed by atoms with Crippen LogP contribution in [0.1, 0.15) is 41.6 Å². The number of hydrogen-bond acceptors (Lipinski definition) is 6. The van der Waals surface area contributed by atoms with E-state index in [1.165, 1.54) is 5.06 Å². The number of nitrogens with zero attached hydrogens (tertiary/aromatic N) is 5. The van der Waals surface area contributed by atoms with Crippen molar-refractivity contribution in [2.45, 2.75) is 45.8 Å². The van der Waals surface area contributed by atoms with Gasteiger partial charge in [0.25, 0.3) is 5.91 Å². The fraction of sp³-hybridized carbons (Fsp3) is 0.588. The third-order valence-electron chi connectivity index (χ3n) is 4.96. The summed E-state index contributed by atoms with van der Waals surface area (Å²) < 4.78 is 7.11. The number of hydrogen-bond donors (Lipinski definition) is 0. The summed E-state index contributed by atoms with van der Waals surface area (Å²) >= 11 is 0. The average molecular weight is 345 g/mol. The molecule has 0 bridgehead atoms. The summed E-state index contributed by atoms with van der Waals surface area (Å²) in [7, 11) is 0. The van der Waals surface area contributed by atoms with Crippen LogP contribution in [0.2, 0.25) is 0 Å². The van der Waals surface area contributed by atoms with Gasteiger partial charge < -0.3 is 4.52 Å². The van der Waals surface area contributed by atoms with Crippen LogP contribution in [0.5, 0.6) is 0 Å². The van der Waals surface area contributed by atoms with Crippen molar-refractivity contribution in [1.29, 1.82) is 0 Å². The van der Waals surface area contributed by atoms with Gasteiger partial charge in [0.2, 0.25) is 0 Å². The first-order valence-electron chi connectivity index (χ1n) is 8.74. The van der Waals surface area contributed by atoms with E-state index in [2.05, 4.69) is 15.2 Å². The van der Waals surface area contributed by atoms with E-state index in [0.717, 1.165) is 42.1 Å². The Morgan fingerprint density at radius 1 is 1.36 bits per heavy atom. The molecule has 2 aliphatic rings. The summed E-state index contributed by atoms with van der Waals surface area (Å²) in [5, 5.41) is 9.92. The highest BCUT2D eigenvalue weighted by Gasteiger charge is 2.35. The third-order valence-corrected chi connectivity index (χ3v) is 4.96. The van der Waals surface area contributed by atoms with Crippen LogP contribution in [0.15, 0.2) is 16.8 Å². The highest BCUT2D eigenvalue weighted by Crippen LogP contribution is 2.26. The van der Waals surface area contributed by atoms with Gasteiger partial charge in [0.15, 0.2) is 0 Å². The molecule has 4 rings (SSSR count). The Hall–Kier alpha value is -2.19. The molecule has 25 heavy (non-hydrogen) atoms. The molecule has 0 aromatic carbocycles. The maximum atomic E-state index is 13.0. The topological polar surface area (TPSA) is 76.6 Å². The minimum absolute atomic E-state index is 0.0203. The number of rotatable bonds is 3. The molecule has 134 valence electrons. The second-order valence-corrected chi connectivity index (χ2v) is 6.74. The Bertz CT molecular complexity index is 743. The van der Waals surface area contributed by atoms with Crippen LogP contribution in [0, 0.1) is 13.8 Å². The van der Waals surface area contributed by atoms with Crippen molar-refractivity contribution in [2.24, 2.45) is 0 Å². The lowest BCUT2D eigenvalue weighted by molar-refractivity contribution is -0.201. The first-order chi connectivity index (χ1) is 12.1. The molecular weight excluding hydrogens is 322 g/mol. The van der Waals surface area contributed by atoms with Gasteiger partial charge in [-0.1, -0.05) is 5.16 Å². The summed E-state index contributed by atoms with van der Waals surface area (Å²) in [6.07, 6.45) is 3.74. The van der Waals surface area contributed by atoms with Crippen molar-refractivity contribution in [3.05, 3.63) is 35.0 Å². The molecule has 8 heteroatoms. The number of carbonyl (C=O) groups excluding carboxylic acids is 1. The van der Waals surface area contributed by atoms with E-state index in [0.29, 0.717) is 26.2 Å². The van der Waals surface area contributed by atoms with Gasteiger partial charge in [0, 0.05) is 37.9 Å². The minimum Gasteiger partial charge on any atom is -0.361 e. The van der Waals surface area contributed by atoms with E-state index in [4.69, 9.17) is 9.36 Å². The van der Waals surface area contributed by atoms with Crippen LogP contribution >= 0.6 is 0 Å². The maximum absolute atomic E-state index is 13.0. The number of aromatic nitrogens is 3. The minimum atomic E-state index is -0.364. The van der Waals surface area contributed by atoms with Gasteiger partial charge in [0.05, 0.1) is 18.0 Å². The van der Waals surface area contributed by atoms with Gasteiger partial charge in [-0.3, -0.25) is 19.2 Å². The SMILES string of the molecule is Cc1noc(C)c1CN1Cc2ccnn2C(C(=O)N2CCCCO2)C1. The van der Waals surface area contributed by atoms with Gasteiger partial charge >= 0.3 is 0 Å². The van der Waals surface area contributed by atoms with Crippen LogP contribution < -0.4 is 0 Å². The van der Waals surface area contributed by atoms with Crippen LogP contribution in [0.25, 0.3) is 0 Å². The van der Waals surface area contributed by atoms with Gasteiger partial charge in [-0.25, -0.2) is 5.06 Å². The molecule has 0 saturated carbocycles. The summed E-state index contributed by atoms with van der Waals surface area (Å²) in [6, 6.07) is 1.61. The Balaban J connectivity index is 1.56. The molecule has 0 radical (unpaired) electrons. The van der Waals surface area contributed by atoms with Crippen molar-refractivity contribution in [3.63, 3.8) is 0 Å². The van der Waals surface area contributed by atoms with Crippen molar-refractivity contribution in [3.8, 4) is 0 Å². The Labute approximate surface area is 146 Å². The van der Waals surface area contributed by atoms with E-state index in [9.17, 15) is 4.79 Å². The van der Waals surface area contributed by atoms with E-state index < -0.39 is 0 Å². The summed E-state index contributed by atoms with van der Waals surface area (Å²) in [6.45, 7) is 7.17. The molecule has 2 aromatic rings. The fourth-order valence-electron chi connectivity index (χ4n) is 3.55. The van der Waals surface area contributed by atoms with Crippen LogP contribution in [-0.4, -0.2) is 50.5 Å². The van der Waals surface area contributed by atoms with Gasteiger partial charge in [-0.2, -0.15) is 5.10 Å². The molecule has 4 heterocycles. The number of fused-ring (bicyclic) bond motifs is 1. The lowest BCUT2D eigenvalue weighted by Gasteiger charge is -2.36. The van der Waals surface area contributed by atoms with E-state index >= 15 is 0 Å². The zero-order chi connectivity index (χ0) is 17.4. The highest BCUT2D eigenvalue weighted by atomic mass is 16.7. The zero-order valence-electron chi connectivity index (χ0n) is 14.6. The van der Waals surface area contributed by atoms with Crippen molar-refractivity contribution >= 4 is 5.91 Å². The molecule has 1 fully saturated rings. The van der Waals surface area contributed by atoms with E-state index in [1.54, 1.807) is 6.20 Å². The molecule has 2 aromatic heterocycles. The zero-order valence-corrected chi connectivity index (χ0v) is 14.6. The molecule has 8 nitrogen and oxygen atoms in total. The number of amides is 1. The predicted molar refractivity (Wildman–Crippen MR) is 88.3 cm³/mol. The number of aryl methyl sites for hydroxylation is 2. The Morgan fingerprint density at radius 2 is 2.24 bits per heavy atom. The van der Waals surface area contributed by atoms with E-state index in [1.807, 2.05) is 24.6 Å². The molecule has 1 unspecified atom stereocenters. The predicted octanol–water partition coefficient (Wildman–Crippen LogP) is 1.60. The molecule has 1 atom stereocenters. The third kappa shape index (κ3) is 3.07. The van der Waals surface area contributed by atoms with Crippen molar-refractivity contribution in [1.82, 2.24) is 24.9 Å². The smallest absolute Gasteiger partial charge is 0.272 e. The Kier molecular flexibility index (Phi) is 4.30.